The molecule has 0 radical (unpaired) electrons. The van der Waals surface area contributed by atoms with Crippen molar-refractivity contribution in [1.82, 2.24) is 0 Å². The lowest BCUT2D eigenvalue weighted by Gasteiger charge is -1.97. The lowest BCUT2D eigenvalue weighted by Crippen LogP contribution is -1.90. The second kappa shape index (κ2) is 8.76. The molecular formula is C11H23N. The van der Waals surface area contributed by atoms with Crippen LogP contribution in [0.3, 0.4) is 0 Å². The number of unbranched alkanes of at least 4 members (excludes halogenated alkanes) is 4. The Kier molecular flexibility index (Phi) is 8.52. The van der Waals surface area contributed by atoms with Crippen molar-refractivity contribution in [3.63, 3.8) is 0 Å². The van der Waals surface area contributed by atoms with Gasteiger partial charge in [-0.15, -0.1) is 0 Å². The SMILES string of the molecule is CCCCCCCN=C(C)CC. The molecule has 12 heavy (non-hydrogen) atoms. The van der Waals surface area contributed by atoms with Gasteiger partial charge >= 0.3 is 0 Å². The van der Waals surface area contributed by atoms with Crippen LogP contribution in [0.5, 0.6) is 0 Å². The van der Waals surface area contributed by atoms with Crippen molar-refractivity contribution in [1.29, 1.82) is 0 Å². The summed E-state index contributed by atoms with van der Waals surface area (Å²) in [5, 5.41) is 0. The van der Waals surface area contributed by atoms with Gasteiger partial charge in [0.05, 0.1) is 0 Å². The quantitative estimate of drug-likeness (QED) is 0.406. The van der Waals surface area contributed by atoms with E-state index >= 15 is 0 Å². The lowest BCUT2D eigenvalue weighted by atomic mass is 10.1. The summed E-state index contributed by atoms with van der Waals surface area (Å²) in [7, 11) is 0. The van der Waals surface area contributed by atoms with Crippen LogP contribution in [0, 0.1) is 0 Å². The number of hydrogen-bond donors (Lipinski definition) is 0. The van der Waals surface area contributed by atoms with Gasteiger partial charge in [-0.05, 0) is 19.8 Å². The number of rotatable bonds is 7. The predicted molar refractivity (Wildman–Crippen MR) is 57.0 cm³/mol. The largest absolute Gasteiger partial charge is 0.294 e. The van der Waals surface area contributed by atoms with Gasteiger partial charge in [0.15, 0.2) is 0 Å². The fraction of sp³-hybridized carbons (Fsp3) is 0.909. The van der Waals surface area contributed by atoms with Crippen molar-refractivity contribution >= 4 is 5.71 Å². The van der Waals surface area contributed by atoms with Crippen LogP contribution in [0.25, 0.3) is 0 Å². The molecule has 0 aliphatic carbocycles. The highest BCUT2D eigenvalue weighted by Gasteiger charge is 1.88. The molecule has 0 N–H and O–H groups in total. The molecule has 0 amide bonds. The number of nitrogens with zero attached hydrogens (tertiary/aromatic N) is 1. The van der Waals surface area contributed by atoms with E-state index in [1.54, 1.807) is 0 Å². The van der Waals surface area contributed by atoms with Crippen LogP contribution in [-0.4, -0.2) is 12.3 Å². The van der Waals surface area contributed by atoms with Crippen molar-refractivity contribution in [2.45, 2.75) is 59.3 Å². The van der Waals surface area contributed by atoms with E-state index < -0.39 is 0 Å². The molecule has 0 aromatic heterocycles. The van der Waals surface area contributed by atoms with Crippen molar-refractivity contribution in [3.8, 4) is 0 Å². The smallest absolute Gasteiger partial charge is 0.0388 e. The average molecular weight is 169 g/mol. The van der Waals surface area contributed by atoms with E-state index in [9.17, 15) is 0 Å². The summed E-state index contributed by atoms with van der Waals surface area (Å²) >= 11 is 0. The number of aliphatic imine (C=N–C) groups is 1. The highest BCUT2D eigenvalue weighted by Crippen LogP contribution is 2.02. The Labute approximate surface area is 77.3 Å². The molecule has 1 heteroatoms. The Bertz CT molecular complexity index is 116. The molecule has 1 nitrogen and oxygen atoms in total. The van der Waals surface area contributed by atoms with E-state index in [1.165, 1.54) is 37.8 Å². The van der Waals surface area contributed by atoms with Gasteiger partial charge in [-0.3, -0.25) is 4.99 Å². The second-order valence-electron chi connectivity index (χ2n) is 3.38. The summed E-state index contributed by atoms with van der Waals surface area (Å²) in [6, 6.07) is 0. The third-order valence-electron chi connectivity index (χ3n) is 2.16. The van der Waals surface area contributed by atoms with Gasteiger partial charge in [0.25, 0.3) is 0 Å². The molecule has 0 fully saturated rings. The zero-order valence-electron chi connectivity index (χ0n) is 8.90. The maximum absolute atomic E-state index is 4.46. The van der Waals surface area contributed by atoms with Crippen LogP contribution in [0.15, 0.2) is 4.99 Å². The first-order chi connectivity index (χ1) is 5.81. The maximum atomic E-state index is 4.46. The van der Waals surface area contributed by atoms with Gasteiger partial charge in [0.2, 0.25) is 0 Å². The van der Waals surface area contributed by atoms with Crippen LogP contribution in [0.2, 0.25) is 0 Å². The maximum Gasteiger partial charge on any atom is 0.0388 e. The molecule has 72 valence electrons. The Morgan fingerprint density at radius 2 is 1.67 bits per heavy atom. The first kappa shape index (κ1) is 11.7. The Balaban J connectivity index is 3.10. The highest BCUT2D eigenvalue weighted by atomic mass is 14.7. The average Bonchev–Trinajstić information content (AvgIpc) is 2.10. The van der Waals surface area contributed by atoms with Crippen molar-refractivity contribution < 1.29 is 0 Å². The molecule has 0 aromatic rings. The van der Waals surface area contributed by atoms with E-state index in [1.807, 2.05) is 0 Å². The first-order valence-electron chi connectivity index (χ1n) is 5.31. The summed E-state index contributed by atoms with van der Waals surface area (Å²) < 4.78 is 0. The van der Waals surface area contributed by atoms with E-state index in [-0.39, 0.29) is 0 Å². The molecule has 0 rings (SSSR count). The normalized spacial score (nSPS) is 12.1. The lowest BCUT2D eigenvalue weighted by molar-refractivity contribution is 0.638. The molecule has 0 spiro atoms. The zero-order valence-corrected chi connectivity index (χ0v) is 8.90. The molecule has 0 aliphatic heterocycles. The standard InChI is InChI=1S/C11H23N/c1-4-6-7-8-9-10-12-11(3)5-2/h4-10H2,1-3H3. The monoisotopic (exact) mass is 169 g/mol. The van der Waals surface area contributed by atoms with Crippen LogP contribution < -0.4 is 0 Å². The summed E-state index contributed by atoms with van der Waals surface area (Å²) in [6.45, 7) is 7.57. The Hall–Kier alpha value is -0.330. The third kappa shape index (κ3) is 7.77. The van der Waals surface area contributed by atoms with E-state index in [2.05, 4.69) is 25.8 Å². The van der Waals surface area contributed by atoms with Crippen LogP contribution in [-0.2, 0) is 0 Å². The second-order valence-corrected chi connectivity index (χ2v) is 3.38. The minimum atomic E-state index is 1.05. The van der Waals surface area contributed by atoms with Gasteiger partial charge in [-0.1, -0.05) is 39.5 Å². The van der Waals surface area contributed by atoms with Crippen LogP contribution >= 0.6 is 0 Å². The van der Waals surface area contributed by atoms with Gasteiger partial charge in [-0.2, -0.15) is 0 Å². The highest BCUT2D eigenvalue weighted by molar-refractivity contribution is 5.81. The topological polar surface area (TPSA) is 12.4 Å². The molecule has 0 saturated heterocycles. The summed E-state index contributed by atoms with van der Waals surface area (Å²) in [6.07, 6.45) is 7.84. The van der Waals surface area contributed by atoms with Gasteiger partial charge in [0.1, 0.15) is 0 Å². The third-order valence-corrected chi connectivity index (χ3v) is 2.16. The molecule has 0 heterocycles. The first-order valence-corrected chi connectivity index (χ1v) is 5.31. The fourth-order valence-corrected chi connectivity index (χ4v) is 1.10. The minimum Gasteiger partial charge on any atom is -0.294 e. The molecule has 0 saturated carbocycles. The Morgan fingerprint density at radius 3 is 2.25 bits per heavy atom. The van der Waals surface area contributed by atoms with E-state index in [0.717, 1.165) is 13.0 Å². The van der Waals surface area contributed by atoms with Crippen molar-refractivity contribution in [3.05, 3.63) is 0 Å². The minimum absolute atomic E-state index is 1.05. The summed E-state index contributed by atoms with van der Waals surface area (Å²) in [5.41, 5.74) is 1.30. The van der Waals surface area contributed by atoms with E-state index in [4.69, 9.17) is 0 Å². The summed E-state index contributed by atoms with van der Waals surface area (Å²) in [5.74, 6) is 0. The molecule has 0 bridgehead atoms. The molecule has 0 aromatic carbocycles. The van der Waals surface area contributed by atoms with Crippen molar-refractivity contribution in [2.75, 3.05) is 6.54 Å². The van der Waals surface area contributed by atoms with Crippen LogP contribution in [0.4, 0.5) is 0 Å². The molecular weight excluding hydrogens is 146 g/mol. The predicted octanol–water partition coefficient (Wildman–Crippen LogP) is 3.83. The van der Waals surface area contributed by atoms with Crippen LogP contribution in [0.1, 0.15) is 59.3 Å². The molecule has 0 aliphatic rings. The fourth-order valence-electron chi connectivity index (χ4n) is 1.10. The Morgan fingerprint density at radius 1 is 1.00 bits per heavy atom. The van der Waals surface area contributed by atoms with Gasteiger partial charge in [0, 0.05) is 12.3 Å². The summed E-state index contributed by atoms with van der Waals surface area (Å²) in [4.78, 5) is 4.46. The van der Waals surface area contributed by atoms with Crippen molar-refractivity contribution in [2.24, 2.45) is 4.99 Å². The van der Waals surface area contributed by atoms with Gasteiger partial charge in [-0.25, -0.2) is 0 Å². The zero-order chi connectivity index (χ0) is 9.23. The van der Waals surface area contributed by atoms with Gasteiger partial charge < -0.3 is 0 Å². The van der Waals surface area contributed by atoms with E-state index in [0.29, 0.717) is 0 Å². The number of hydrogen-bond acceptors (Lipinski definition) is 1. The molecule has 0 unspecified atom stereocenters. The molecule has 0 atom stereocenters.